The third kappa shape index (κ3) is 4.66. The van der Waals surface area contributed by atoms with Gasteiger partial charge in [0.25, 0.3) is 0 Å². The average Bonchev–Trinajstić information content (AvgIpc) is 2.38. The Morgan fingerprint density at radius 2 is 1.80 bits per heavy atom. The summed E-state index contributed by atoms with van der Waals surface area (Å²) in [5.41, 5.74) is 0.756. The monoisotopic (exact) mass is 277 g/mol. The van der Waals surface area contributed by atoms with Gasteiger partial charge < -0.3 is 20.8 Å². The quantitative estimate of drug-likeness (QED) is 0.621. The van der Waals surface area contributed by atoms with Gasteiger partial charge in [0.15, 0.2) is 0 Å². The summed E-state index contributed by atoms with van der Waals surface area (Å²) in [5, 5.41) is 30.3. The molecule has 2 amide bonds. The van der Waals surface area contributed by atoms with Crippen molar-refractivity contribution in [2.75, 3.05) is 5.32 Å². The summed E-state index contributed by atoms with van der Waals surface area (Å²) < 4.78 is 0. The Balaban J connectivity index is 2.63. The van der Waals surface area contributed by atoms with Crippen LogP contribution in [0.15, 0.2) is 24.3 Å². The van der Waals surface area contributed by atoms with E-state index in [0.29, 0.717) is 11.3 Å². The normalized spacial score (nSPS) is 10.9. The van der Waals surface area contributed by atoms with Crippen molar-refractivity contribution in [3.05, 3.63) is 29.8 Å². The third-order valence-corrected chi connectivity index (χ3v) is 2.25. The Kier molecular flexibility index (Phi) is 5.05. The molecule has 1 aromatic rings. The molecule has 1 aromatic carbocycles. The molecule has 0 fully saturated rings. The standard InChI is InChI=1S/C12H11N3O5/c13-6-7-1-3-8(4-2-7)14-12(20)15-9(11(18)19)5-10(16)17/h1-4,9H,5H2,(H,16,17)(H,18,19)(H2,14,15,20). The number of nitriles is 1. The Morgan fingerprint density at radius 3 is 2.25 bits per heavy atom. The van der Waals surface area contributed by atoms with E-state index < -0.39 is 30.4 Å². The second-order valence-corrected chi connectivity index (χ2v) is 3.78. The van der Waals surface area contributed by atoms with E-state index in [1.54, 1.807) is 0 Å². The number of rotatable bonds is 5. The van der Waals surface area contributed by atoms with Crippen LogP contribution < -0.4 is 10.6 Å². The van der Waals surface area contributed by atoms with Crippen LogP contribution in [0, 0.1) is 11.3 Å². The number of hydrogen-bond donors (Lipinski definition) is 4. The number of benzene rings is 1. The highest BCUT2D eigenvalue weighted by molar-refractivity contribution is 5.93. The number of nitrogens with one attached hydrogen (secondary N) is 2. The number of hydrogen-bond acceptors (Lipinski definition) is 4. The number of aliphatic carboxylic acids is 2. The van der Waals surface area contributed by atoms with Crippen LogP contribution in [0.25, 0.3) is 0 Å². The fourth-order valence-corrected chi connectivity index (χ4v) is 1.33. The topological polar surface area (TPSA) is 140 Å². The first kappa shape index (κ1) is 15.0. The first-order valence-electron chi connectivity index (χ1n) is 5.44. The number of urea groups is 1. The molecule has 0 aliphatic rings. The van der Waals surface area contributed by atoms with E-state index >= 15 is 0 Å². The molecule has 0 bridgehead atoms. The molecule has 1 unspecified atom stereocenters. The second-order valence-electron chi connectivity index (χ2n) is 3.78. The molecule has 0 saturated heterocycles. The maximum Gasteiger partial charge on any atom is 0.326 e. The van der Waals surface area contributed by atoms with Gasteiger partial charge in [0.2, 0.25) is 0 Å². The lowest BCUT2D eigenvalue weighted by Crippen LogP contribution is -2.44. The SMILES string of the molecule is N#Cc1ccc(NC(=O)NC(CC(=O)O)C(=O)O)cc1. The van der Waals surface area contributed by atoms with Crippen LogP contribution in [-0.2, 0) is 9.59 Å². The van der Waals surface area contributed by atoms with Gasteiger partial charge in [0.1, 0.15) is 6.04 Å². The van der Waals surface area contributed by atoms with Crippen molar-refractivity contribution in [3.8, 4) is 6.07 Å². The summed E-state index contributed by atoms with van der Waals surface area (Å²) in [4.78, 5) is 32.7. The summed E-state index contributed by atoms with van der Waals surface area (Å²) in [7, 11) is 0. The fraction of sp³-hybridized carbons (Fsp3) is 0.167. The van der Waals surface area contributed by atoms with Gasteiger partial charge in [-0.05, 0) is 24.3 Å². The highest BCUT2D eigenvalue weighted by Gasteiger charge is 2.22. The molecule has 0 radical (unpaired) electrons. The summed E-state index contributed by atoms with van der Waals surface area (Å²) in [6.07, 6.45) is -0.726. The van der Waals surface area contributed by atoms with Crippen molar-refractivity contribution < 1.29 is 24.6 Å². The molecule has 0 heterocycles. The average molecular weight is 277 g/mol. The zero-order valence-electron chi connectivity index (χ0n) is 10.2. The number of nitrogens with zero attached hydrogens (tertiary/aromatic N) is 1. The van der Waals surface area contributed by atoms with Gasteiger partial charge in [-0.1, -0.05) is 0 Å². The molecule has 1 rings (SSSR count). The van der Waals surface area contributed by atoms with Crippen molar-refractivity contribution in [3.63, 3.8) is 0 Å². The summed E-state index contributed by atoms with van der Waals surface area (Å²) >= 11 is 0. The molecule has 8 heteroatoms. The van der Waals surface area contributed by atoms with E-state index in [1.165, 1.54) is 24.3 Å². The van der Waals surface area contributed by atoms with Gasteiger partial charge in [-0.15, -0.1) is 0 Å². The lowest BCUT2D eigenvalue weighted by atomic mass is 10.2. The van der Waals surface area contributed by atoms with Crippen LogP contribution in [0.1, 0.15) is 12.0 Å². The van der Waals surface area contributed by atoms with E-state index in [9.17, 15) is 14.4 Å². The number of carbonyl (C=O) groups excluding carboxylic acids is 1. The molecule has 1 atom stereocenters. The van der Waals surface area contributed by atoms with E-state index in [0.717, 1.165) is 0 Å². The first-order valence-corrected chi connectivity index (χ1v) is 5.44. The molecule has 0 aliphatic heterocycles. The molecule has 20 heavy (non-hydrogen) atoms. The Hall–Kier alpha value is -3.08. The van der Waals surface area contributed by atoms with E-state index in [-0.39, 0.29) is 0 Å². The van der Waals surface area contributed by atoms with Crippen molar-refractivity contribution in [1.82, 2.24) is 5.32 Å². The highest BCUT2D eigenvalue weighted by atomic mass is 16.4. The van der Waals surface area contributed by atoms with Gasteiger partial charge in [-0.3, -0.25) is 4.79 Å². The summed E-state index contributed by atoms with van der Waals surface area (Å²) in [5.74, 6) is -2.78. The molecule has 104 valence electrons. The van der Waals surface area contributed by atoms with Crippen molar-refractivity contribution >= 4 is 23.7 Å². The van der Waals surface area contributed by atoms with Gasteiger partial charge in [0, 0.05) is 5.69 Å². The second kappa shape index (κ2) is 6.75. The van der Waals surface area contributed by atoms with Gasteiger partial charge in [-0.2, -0.15) is 5.26 Å². The predicted molar refractivity (Wildman–Crippen MR) is 67.0 cm³/mol. The van der Waals surface area contributed by atoms with Crippen LogP contribution in [0.4, 0.5) is 10.5 Å². The van der Waals surface area contributed by atoms with E-state index in [4.69, 9.17) is 15.5 Å². The zero-order chi connectivity index (χ0) is 15.1. The fourth-order valence-electron chi connectivity index (χ4n) is 1.33. The van der Waals surface area contributed by atoms with Crippen molar-refractivity contribution in [2.24, 2.45) is 0 Å². The molecule has 8 nitrogen and oxygen atoms in total. The highest BCUT2D eigenvalue weighted by Crippen LogP contribution is 2.08. The number of amides is 2. The zero-order valence-corrected chi connectivity index (χ0v) is 10.2. The van der Waals surface area contributed by atoms with Crippen LogP contribution in [0.5, 0.6) is 0 Å². The largest absolute Gasteiger partial charge is 0.481 e. The number of carbonyl (C=O) groups is 3. The molecule has 0 saturated carbocycles. The summed E-state index contributed by atoms with van der Waals surface area (Å²) in [6.45, 7) is 0. The van der Waals surface area contributed by atoms with Crippen LogP contribution in [0.2, 0.25) is 0 Å². The lowest BCUT2D eigenvalue weighted by Gasteiger charge is -2.13. The lowest BCUT2D eigenvalue weighted by molar-refractivity contribution is -0.145. The molecule has 4 N–H and O–H groups in total. The van der Waals surface area contributed by atoms with Crippen LogP contribution in [0.3, 0.4) is 0 Å². The summed E-state index contributed by atoms with van der Waals surface area (Å²) in [6, 6.07) is 5.41. The molecule has 0 aromatic heterocycles. The van der Waals surface area contributed by atoms with Crippen LogP contribution >= 0.6 is 0 Å². The minimum absolute atomic E-state index is 0.348. The number of carboxylic acids is 2. The van der Waals surface area contributed by atoms with Gasteiger partial charge in [-0.25, -0.2) is 9.59 Å². The maximum atomic E-state index is 11.5. The van der Waals surface area contributed by atoms with E-state index in [2.05, 4.69) is 5.32 Å². The van der Waals surface area contributed by atoms with Gasteiger partial charge >= 0.3 is 18.0 Å². The predicted octanol–water partition coefficient (Wildman–Crippen LogP) is 0.608. The minimum Gasteiger partial charge on any atom is -0.481 e. The van der Waals surface area contributed by atoms with Crippen molar-refractivity contribution in [1.29, 1.82) is 5.26 Å². The smallest absolute Gasteiger partial charge is 0.326 e. The first-order chi connectivity index (χ1) is 9.42. The molecule has 0 aliphatic carbocycles. The Morgan fingerprint density at radius 1 is 1.20 bits per heavy atom. The number of carboxylic acid groups (broad SMARTS) is 2. The molecular weight excluding hydrogens is 266 g/mol. The van der Waals surface area contributed by atoms with Crippen molar-refractivity contribution in [2.45, 2.75) is 12.5 Å². The van der Waals surface area contributed by atoms with Crippen LogP contribution in [-0.4, -0.2) is 34.2 Å². The Bertz CT molecular complexity index is 561. The van der Waals surface area contributed by atoms with Gasteiger partial charge in [0.05, 0.1) is 18.1 Å². The van der Waals surface area contributed by atoms with E-state index in [1.807, 2.05) is 11.4 Å². The Labute approximate surface area is 113 Å². The minimum atomic E-state index is -1.52. The number of anilines is 1. The molecule has 0 spiro atoms. The molecular formula is C12H11N3O5. The maximum absolute atomic E-state index is 11.5. The third-order valence-electron chi connectivity index (χ3n) is 2.25.